The van der Waals surface area contributed by atoms with Crippen molar-refractivity contribution in [3.63, 3.8) is 0 Å². The van der Waals surface area contributed by atoms with Crippen LogP contribution >= 0.6 is 0 Å². The van der Waals surface area contributed by atoms with E-state index < -0.39 is 10.0 Å². The predicted molar refractivity (Wildman–Crippen MR) is 82.9 cm³/mol. The standard InChI is InChI=1S/C15H24N2O3S/c1-11-7-12(2)17(10-11)21(18,19)15-6-5-13(9-16-3)8-14(15)20-4/h5-6,8,11-12,16H,7,9-10H2,1-4H3. The van der Waals surface area contributed by atoms with Gasteiger partial charge in [0.1, 0.15) is 10.6 Å². The van der Waals surface area contributed by atoms with E-state index in [9.17, 15) is 8.42 Å². The Balaban J connectivity index is 2.40. The van der Waals surface area contributed by atoms with Crippen molar-refractivity contribution in [3.05, 3.63) is 23.8 Å². The molecule has 0 bridgehead atoms. The van der Waals surface area contributed by atoms with Crippen LogP contribution in [-0.4, -0.2) is 39.5 Å². The molecule has 1 N–H and O–H groups in total. The lowest BCUT2D eigenvalue weighted by atomic mass is 10.1. The Morgan fingerprint density at radius 1 is 1.38 bits per heavy atom. The maximum absolute atomic E-state index is 12.9. The van der Waals surface area contributed by atoms with Gasteiger partial charge in [0.15, 0.2) is 0 Å². The van der Waals surface area contributed by atoms with Gasteiger partial charge in [-0.25, -0.2) is 8.42 Å². The zero-order valence-electron chi connectivity index (χ0n) is 13.1. The van der Waals surface area contributed by atoms with Gasteiger partial charge in [-0.05, 0) is 44.0 Å². The average molecular weight is 312 g/mol. The maximum atomic E-state index is 12.9. The van der Waals surface area contributed by atoms with Crippen LogP contribution in [0.15, 0.2) is 23.1 Å². The van der Waals surface area contributed by atoms with Gasteiger partial charge in [0.2, 0.25) is 10.0 Å². The van der Waals surface area contributed by atoms with Gasteiger partial charge in [0.25, 0.3) is 0 Å². The summed E-state index contributed by atoms with van der Waals surface area (Å²) in [5, 5.41) is 3.05. The molecule has 1 aliphatic rings. The number of methoxy groups -OCH3 is 1. The average Bonchev–Trinajstić information content (AvgIpc) is 2.78. The molecule has 1 aliphatic heterocycles. The first-order chi connectivity index (χ1) is 9.90. The van der Waals surface area contributed by atoms with Crippen LogP contribution in [0.3, 0.4) is 0 Å². The van der Waals surface area contributed by atoms with Crippen molar-refractivity contribution >= 4 is 10.0 Å². The molecule has 1 aromatic rings. The van der Waals surface area contributed by atoms with Gasteiger partial charge in [-0.2, -0.15) is 4.31 Å². The minimum Gasteiger partial charge on any atom is -0.495 e. The number of nitrogens with zero attached hydrogens (tertiary/aromatic N) is 1. The summed E-state index contributed by atoms with van der Waals surface area (Å²) in [4.78, 5) is 0.255. The summed E-state index contributed by atoms with van der Waals surface area (Å²) < 4.78 is 32.6. The summed E-state index contributed by atoms with van der Waals surface area (Å²) >= 11 is 0. The third-order valence-corrected chi connectivity index (χ3v) is 5.94. The van der Waals surface area contributed by atoms with Gasteiger partial charge in [0, 0.05) is 19.1 Å². The van der Waals surface area contributed by atoms with E-state index in [2.05, 4.69) is 12.2 Å². The molecule has 0 saturated carbocycles. The summed E-state index contributed by atoms with van der Waals surface area (Å²) in [5.74, 6) is 0.804. The highest BCUT2D eigenvalue weighted by Crippen LogP contribution is 2.33. The normalized spacial score (nSPS) is 23.4. The zero-order valence-corrected chi connectivity index (χ0v) is 13.9. The van der Waals surface area contributed by atoms with Crippen molar-refractivity contribution in [1.29, 1.82) is 0 Å². The highest BCUT2D eigenvalue weighted by Gasteiger charge is 2.37. The summed E-state index contributed by atoms with van der Waals surface area (Å²) in [6.45, 7) is 5.29. The van der Waals surface area contributed by atoms with Crippen molar-refractivity contribution < 1.29 is 13.2 Å². The second-order valence-electron chi connectivity index (χ2n) is 5.78. The summed E-state index contributed by atoms with van der Waals surface area (Å²) in [6.07, 6.45) is 0.902. The topological polar surface area (TPSA) is 58.6 Å². The van der Waals surface area contributed by atoms with Crippen LogP contribution in [0, 0.1) is 5.92 Å². The van der Waals surface area contributed by atoms with Crippen LogP contribution in [0.5, 0.6) is 5.75 Å². The minimum atomic E-state index is -3.51. The Morgan fingerprint density at radius 2 is 2.10 bits per heavy atom. The predicted octanol–water partition coefficient (Wildman–Crippen LogP) is 1.83. The highest BCUT2D eigenvalue weighted by molar-refractivity contribution is 7.89. The van der Waals surface area contributed by atoms with E-state index in [1.807, 2.05) is 20.0 Å². The van der Waals surface area contributed by atoms with Crippen molar-refractivity contribution in [2.45, 2.75) is 37.8 Å². The largest absolute Gasteiger partial charge is 0.495 e. The van der Waals surface area contributed by atoms with Crippen LogP contribution in [0.4, 0.5) is 0 Å². The molecule has 1 fully saturated rings. The van der Waals surface area contributed by atoms with Crippen LogP contribution in [0.1, 0.15) is 25.8 Å². The number of rotatable bonds is 5. The Labute approximate surface area is 127 Å². The second-order valence-corrected chi connectivity index (χ2v) is 7.64. The maximum Gasteiger partial charge on any atom is 0.247 e. The number of hydrogen-bond acceptors (Lipinski definition) is 4. The highest BCUT2D eigenvalue weighted by atomic mass is 32.2. The van der Waals surface area contributed by atoms with Crippen molar-refractivity contribution in [3.8, 4) is 5.75 Å². The summed E-state index contributed by atoms with van der Waals surface area (Å²) in [5.41, 5.74) is 0.996. The summed E-state index contributed by atoms with van der Waals surface area (Å²) in [6, 6.07) is 5.30. The van der Waals surface area contributed by atoms with E-state index in [1.54, 1.807) is 16.4 Å². The number of benzene rings is 1. The molecule has 0 aliphatic carbocycles. The monoisotopic (exact) mass is 312 g/mol. The molecule has 1 saturated heterocycles. The third-order valence-electron chi connectivity index (χ3n) is 3.92. The Morgan fingerprint density at radius 3 is 2.62 bits per heavy atom. The fourth-order valence-electron chi connectivity index (χ4n) is 2.96. The fourth-order valence-corrected chi connectivity index (χ4v) is 4.86. The van der Waals surface area contributed by atoms with Gasteiger partial charge in [-0.1, -0.05) is 13.0 Å². The van der Waals surface area contributed by atoms with Gasteiger partial charge >= 0.3 is 0 Å². The zero-order chi connectivity index (χ0) is 15.6. The molecule has 0 radical (unpaired) electrons. The van der Waals surface area contributed by atoms with Crippen molar-refractivity contribution in [2.24, 2.45) is 5.92 Å². The van der Waals surface area contributed by atoms with Crippen LogP contribution in [0.2, 0.25) is 0 Å². The molecule has 2 atom stereocenters. The molecule has 6 heteroatoms. The number of nitrogens with one attached hydrogen (secondary N) is 1. The van der Waals surface area contributed by atoms with E-state index in [4.69, 9.17) is 4.74 Å². The molecule has 5 nitrogen and oxygen atoms in total. The first-order valence-corrected chi connectivity index (χ1v) is 8.67. The minimum absolute atomic E-state index is 0.0340. The number of sulfonamides is 1. The second kappa shape index (κ2) is 6.34. The first kappa shape index (κ1) is 16.3. The lowest BCUT2D eigenvalue weighted by Gasteiger charge is -2.22. The molecular formula is C15H24N2O3S. The molecule has 0 aromatic heterocycles. The molecule has 0 spiro atoms. The van der Waals surface area contributed by atoms with Gasteiger partial charge in [-0.15, -0.1) is 0 Å². The quantitative estimate of drug-likeness (QED) is 0.901. The lowest BCUT2D eigenvalue weighted by Crippen LogP contribution is -2.34. The molecule has 118 valence electrons. The van der Waals surface area contributed by atoms with Crippen LogP contribution < -0.4 is 10.1 Å². The SMILES string of the molecule is CNCc1ccc(S(=O)(=O)N2CC(C)CC2C)c(OC)c1. The molecule has 2 rings (SSSR count). The lowest BCUT2D eigenvalue weighted by molar-refractivity contribution is 0.385. The van der Waals surface area contributed by atoms with Crippen molar-refractivity contribution in [1.82, 2.24) is 9.62 Å². The fraction of sp³-hybridized carbons (Fsp3) is 0.600. The van der Waals surface area contributed by atoms with E-state index in [-0.39, 0.29) is 10.9 Å². The van der Waals surface area contributed by atoms with Crippen LogP contribution in [-0.2, 0) is 16.6 Å². The van der Waals surface area contributed by atoms with Crippen molar-refractivity contribution in [2.75, 3.05) is 20.7 Å². The van der Waals surface area contributed by atoms with E-state index >= 15 is 0 Å². The summed E-state index contributed by atoms with van der Waals surface area (Å²) in [7, 11) is -0.148. The number of ether oxygens (including phenoxy) is 1. The molecule has 21 heavy (non-hydrogen) atoms. The smallest absolute Gasteiger partial charge is 0.247 e. The van der Waals surface area contributed by atoms with Gasteiger partial charge in [-0.3, -0.25) is 0 Å². The first-order valence-electron chi connectivity index (χ1n) is 7.23. The van der Waals surface area contributed by atoms with Crippen LogP contribution in [0.25, 0.3) is 0 Å². The molecule has 2 unspecified atom stereocenters. The Bertz CT molecular complexity index is 601. The molecule has 0 amide bonds. The van der Waals surface area contributed by atoms with E-state index in [1.165, 1.54) is 7.11 Å². The van der Waals surface area contributed by atoms with E-state index in [0.717, 1.165) is 12.0 Å². The molecule has 1 heterocycles. The molecular weight excluding hydrogens is 288 g/mol. The Hall–Kier alpha value is -1.11. The third kappa shape index (κ3) is 3.22. The Kier molecular flexibility index (Phi) is 4.91. The molecule has 1 aromatic carbocycles. The van der Waals surface area contributed by atoms with Gasteiger partial charge in [0.05, 0.1) is 7.11 Å². The number of hydrogen-bond donors (Lipinski definition) is 1. The van der Waals surface area contributed by atoms with E-state index in [0.29, 0.717) is 24.8 Å². The van der Waals surface area contributed by atoms with Gasteiger partial charge < -0.3 is 10.1 Å².